The molecule has 5 rings (SSSR count). The molecule has 0 unspecified atom stereocenters. The number of hydrogen-bond acceptors (Lipinski definition) is 4. The third kappa shape index (κ3) is 4.05. The highest BCUT2D eigenvalue weighted by molar-refractivity contribution is 6.05. The fraction of sp³-hybridized carbons (Fsp3) is 0.143. The standard InChI is InChI=1S/C28H23NO4/c1-28(2,3)19-10-8-17(9-11-19)24-16-22(30)21-13-12-20(15-25(21)33-24)29-27(31)26-14-18-6-4-5-7-23(18)32-26/h4-16H,1-3H3,(H,29,31). The monoisotopic (exact) mass is 437 g/mol. The molecule has 0 fully saturated rings. The predicted molar refractivity (Wildman–Crippen MR) is 131 cm³/mol. The first kappa shape index (κ1) is 20.8. The molecule has 0 aliphatic heterocycles. The number of amides is 1. The molecule has 5 nitrogen and oxygen atoms in total. The van der Waals surface area contributed by atoms with Gasteiger partial charge in [-0.05, 0) is 35.2 Å². The molecule has 2 aromatic heterocycles. The SMILES string of the molecule is CC(C)(C)c1ccc(-c2cc(=O)c3ccc(NC(=O)c4cc5ccccc5o4)cc3o2)cc1. The van der Waals surface area contributed by atoms with Crippen molar-refractivity contribution in [2.75, 3.05) is 5.32 Å². The number of rotatable bonds is 3. The summed E-state index contributed by atoms with van der Waals surface area (Å²) in [5.74, 6) is 0.320. The minimum atomic E-state index is -0.373. The van der Waals surface area contributed by atoms with Crippen LogP contribution in [0.3, 0.4) is 0 Å². The molecule has 0 radical (unpaired) electrons. The molecule has 0 aliphatic carbocycles. The van der Waals surface area contributed by atoms with E-state index in [-0.39, 0.29) is 22.5 Å². The second kappa shape index (κ2) is 7.78. The number of carbonyl (C=O) groups excluding carboxylic acids is 1. The van der Waals surface area contributed by atoms with Gasteiger partial charge in [0.05, 0.1) is 5.39 Å². The maximum absolute atomic E-state index is 12.7. The number of nitrogens with one attached hydrogen (secondary N) is 1. The quantitative estimate of drug-likeness (QED) is 0.339. The van der Waals surface area contributed by atoms with E-state index in [0.717, 1.165) is 10.9 Å². The van der Waals surface area contributed by atoms with Crippen LogP contribution >= 0.6 is 0 Å². The second-order valence-electron chi connectivity index (χ2n) is 9.12. The summed E-state index contributed by atoms with van der Waals surface area (Å²) in [6.07, 6.45) is 0. The first-order valence-corrected chi connectivity index (χ1v) is 10.8. The van der Waals surface area contributed by atoms with Crippen molar-refractivity contribution in [3.63, 3.8) is 0 Å². The van der Waals surface area contributed by atoms with Crippen molar-refractivity contribution in [3.05, 3.63) is 100 Å². The van der Waals surface area contributed by atoms with Gasteiger partial charge in [-0.15, -0.1) is 0 Å². The molecular weight excluding hydrogens is 414 g/mol. The molecule has 0 bridgehead atoms. The summed E-state index contributed by atoms with van der Waals surface area (Å²) >= 11 is 0. The highest BCUT2D eigenvalue weighted by Crippen LogP contribution is 2.28. The summed E-state index contributed by atoms with van der Waals surface area (Å²) in [4.78, 5) is 25.4. The molecule has 0 spiro atoms. The number of carbonyl (C=O) groups is 1. The van der Waals surface area contributed by atoms with Gasteiger partial charge in [0, 0.05) is 28.8 Å². The van der Waals surface area contributed by atoms with Crippen LogP contribution in [0.4, 0.5) is 5.69 Å². The van der Waals surface area contributed by atoms with E-state index in [1.54, 1.807) is 24.3 Å². The van der Waals surface area contributed by atoms with Crippen LogP contribution in [0, 0.1) is 0 Å². The van der Waals surface area contributed by atoms with Crippen LogP contribution < -0.4 is 10.7 Å². The molecule has 5 aromatic rings. The summed E-state index contributed by atoms with van der Waals surface area (Å²) in [5.41, 5.74) is 3.48. The summed E-state index contributed by atoms with van der Waals surface area (Å²) < 4.78 is 11.7. The molecule has 3 aromatic carbocycles. The van der Waals surface area contributed by atoms with Crippen molar-refractivity contribution in [2.45, 2.75) is 26.2 Å². The Hall–Kier alpha value is -4.12. The zero-order valence-corrected chi connectivity index (χ0v) is 18.6. The molecule has 0 atom stereocenters. The van der Waals surface area contributed by atoms with Gasteiger partial charge in [-0.1, -0.05) is 63.2 Å². The Morgan fingerprint density at radius 2 is 1.58 bits per heavy atom. The van der Waals surface area contributed by atoms with E-state index in [9.17, 15) is 9.59 Å². The number of furan rings is 1. The van der Waals surface area contributed by atoms with E-state index in [1.165, 1.54) is 11.6 Å². The molecule has 33 heavy (non-hydrogen) atoms. The minimum Gasteiger partial charge on any atom is -0.456 e. The highest BCUT2D eigenvalue weighted by Gasteiger charge is 2.15. The van der Waals surface area contributed by atoms with Gasteiger partial charge in [0.2, 0.25) is 0 Å². The van der Waals surface area contributed by atoms with Crippen LogP contribution in [0.2, 0.25) is 0 Å². The van der Waals surface area contributed by atoms with Gasteiger partial charge in [-0.25, -0.2) is 0 Å². The third-order valence-electron chi connectivity index (χ3n) is 5.67. The van der Waals surface area contributed by atoms with Crippen LogP contribution in [0.15, 0.2) is 92.5 Å². The van der Waals surface area contributed by atoms with Gasteiger partial charge in [0.1, 0.15) is 16.9 Å². The summed E-state index contributed by atoms with van der Waals surface area (Å²) in [6, 6.07) is 23.6. The topological polar surface area (TPSA) is 72.5 Å². The molecule has 0 saturated carbocycles. The van der Waals surface area contributed by atoms with E-state index in [4.69, 9.17) is 8.83 Å². The second-order valence-corrected chi connectivity index (χ2v) is 9.12. The molecule has 0 aliphatic rings. The van der Waals surface area contributed by atoms with Crippen molar-refractivity contribution in [2.24, 2.45) is 0 Å². The first-order valence-electron chi connectivity index (χ1n) is 10.8. The molecule has 2 heterocycles. The predicted octanol–water partition coefficient (Wildman–Crippen LogP) is 6.76. The Morgan fingerprint density at radius 3 is 2.30 bits per heavy atom. The van der Waals surface area contributed by atoms with Crippen molar-refractivity contribution in [1.82, 2.24) is 0 Å². The van der Waals surface area contributed by atoms with E-state index < -0.39 is 0 Å². The maximum atomic E-state index is 12.7. The molecule has 164 valence electrons. The van der Waals surface area contributed by atoms with E-state index >= 15 is 0 Å². The summed E-state index contributed by atoms with van der Waals surface area (Å²) in [6.45, 7) is 6.46. The van der Waals surface area contributed by atoms with Crippen molar-refractivity contribution >= 4 is 33.5 Å². The van der Waals surface area contributed by atoms with Gasteiger partial charge < -0.3 is 14.2 Å². The normalized spacial score (nSPS) is 11.7. The van der Waals surface area contributed by atoms with Crippen LogP contribution in [-0.4, -0.2) is 5.91 Å². The summed E-state index contributed by atoms with van der Waals surface area (Å²) in [7, 11) is 0. The van der Waals surface area contributed by atoms with Gasteiger partial charge in [-0.2, -0.15) is 0 Å². The van der Waals surface area contributed by atoms with E-state index in [2.05, 4.69) is 26.1 Å². The van der Waals surface area contributed by atoms with Gasteiger partial charge in [0.25, 0.3) is 5.91 Å². The number of hydrogen-bond donors (Lipinski definition) is 1. The van der Waals surface area contributed by atoms with Crippen molar-refractivity contribution in [3.8, 4) is 11.3 Å². The van der Waals surface area contributed by atoms with Crippen LogP contribution in [0.1, 0.15) is 36.9 Å². The Balaban J connectivity index is 1.46. The van der Waals surface area contributed by atoms with Crippen LogP contribution in [0.5, 0.6) is 0 Å². The highest BCUT2D eigenvalue weighted by atomic mass is 16.3. The average molecular weight is 437 g/mol. The molecule has 5 heteroatoms. The molecule has 0 saturated heterocycles. The first-order chi connectivity index (χ1) is 15.8. The Kier molecular flexibility index (Phi) is 4.90. The van der Waals surface area contributed by atoms with E-state index in [0.29, 0.717) is 28.0 Å². The average Bonchev–Trinajstić information content (AvgIpc) is 3.23. The van der Waals surface area contributed by atoms with E-state index in [1.807, 2.05) is 48.5 Å². The molecule has 1 amide bonds. The van der Waals surface area contributed by atoms with Crippen molar-refractivity contribution < 1.29 is 13.6 Å². The fourth-order valence-electron chi connectivity index (χ4n) is 3.80. The maximum Gasteiger partial charge on any atom is 0.291 e. The zero-order valence-electron chi connectivity index (χ0n) is 18.6. The Labute approximate surface area is 190 Å². The van der Waals surface area contributed by atoms with Gasteiger partial charge in [0.15, 0.2) is 11.2 Å². The van der Waals surface area contributed by atoms with Crippen molar-refractivity contribution in [1.29, 1.82) is 0 Å². The zero-order chi connectivity index (χ0) is 23.2. The number of anilines is 1. The molecular formula is C28H23NO4. The van der Waals surface area contributed by atoms with Gasteiger partial charge in [-0.3, -0.25) is 9.59 Å². The summed E-state index contributed by atoms with van der Waals surface area (Å²) in [5, 5.41) is 4.13. The lowest BCUT2D eigenvalue weighted by atomic mass is 9.86. The Bertz CT molecular complexity index is 1520. The van der Waals surface area contributed by atoms with Crippen LogP contribution in [0.25, 0.3) is 33.3 Å². The lowest BCUT2D eigenvalue weighted by molar-refractivity contribution is 0.0998. The Morgan fingerprint density at radius 1 is 0.818 bits per heavy atom. The number of benzene rings is 3. The minimum absolute atomic E-state index is 0.0374. The lowest BCUT2D eigenvalue weighted by Gasteiger charge is -2.19. The smallest absolute Gasteiger partial charge is 0.291 e. The van der Waals surface area contributed by atoms with Crippen LogP contribution in [-0.2, 0) is 5.41 Å². The largest absolute Gasteiger partial charge is 0.456 e. The fourth-order valence-corrected chi connectivity index (χ4v) is 3.80. The van der Waals surface area contributed by atoms with Gasteiger partial charge >= 0.3 is 0 Å². The lowest BCUT2D eigenvalue weighted by Crippen LogP contribution is -2.11. The molecule has 1 N–H and O–H groups in total. The number of para-hydroxylation sites is 1. The third-order valence-corrected chi connectivity index (χ3v) is 5.67. The number of fused-ring (bicyclic) bond motifs is 2.